The minimum absolute atomic E-state index is 0.191. The number of aliphatic hydroxyl groups excluding tert-OH is 1. The molecule has 0 fully saturated rings. The molecule has 0 aliphatic rings. The number of aliphatic hydroxyl groups is 1. The van der Waals surface area contributed by atoms with Gasteiger partial charge in [0.15, 0.2) is 6.10 Å². The van der Waals surface area contributed by atoms with Gasteiger partial charge in [-0.3, -0.25) is 4.79 Å². The first-order valence-corrected chi connectivity index (χ1v) is 6.25. The molecule has 1 rings (SSSR count). The van der Waals surface area contributed by atoms with Crippen molar-refractivity contribution in [1.29, 1.82) is 0 Å². The minimum Gasteiger partial charge on any atom is -0.481 e. The second-order valence-corrected chi connectivity index (χ2v) is 4.45. The van der Waals surface area contributed by atoms with Gasteiger partial charge in [-0.25, -0.2) is 0 Å². The van der Waals surface area contributed by atoms with Crippen molar-refractivity contribution >= 4 is 17.5 Å². The molecule has 0 heterocycles. The third-order valence-corrected chi connectivity index (χ3v) is 2.68. The number of carbonyl (C=O) groups is 1. The van der Waals surface area contributed by atoms with Crippen LogP contribution in [0.3, 0.4) is 0 Å². The fourth-order valence-electron chi connectivity index (χ4n) is 1.52. The molecule has 1 aromatic carbocycles. The zero-order valence-electron chi connectivity index (χ0n) is 10.7. The normalized spacial score (nSPS) is 13.8. The van der Waals surface area contributed by atoms with Crippen LogP contribution in [0.1, 0.15) is 32.4 Å². The molecule has 0 radical (unpaired) electrons. The first-order chi connectivity index (χ1) is 8.45. The number of rotatable bonds is 5. The average Bonchev–Trinajstić information content (AvgIpc) is 2.31. The molecule has 0 bridgehead atoms. The summed E-state index contributed by atoms with van der Waals surface area (Å²) < 4.78 is 5.55. The maximum absolute atomic E-state index is 11.6. The quantitative estimate of drug-likeness (QED) is 0.864. The Morgan fingerprint density at radius 2 is 2.17 bits per heavy atom. The van der Waals surface area contributed by atoms with Crippen molar-refractivity contribution in [1.82, 2.24) is 5.32 Å². The maximum atomic E-state index is 11.6. The second kappa shape index (κ2) is 6.61. The van der Waals surface area contributed by atoms with E-state index >= 15 is 0 Å². The summed E-state index contributed by atoms with van der Waals surface area (Å²) in [6, 6.07) is 4.94. The molecule has 4 nitrogen and oxygen atoms in total. The Balaban J connectivity index is 2.87. The Hall–Kier alpha value is -1.26. The van der Waals surface area contributed by atoms with E-state index in [1.807, 2.05) is 6.92 Å². The van der Waals surface area contributed by atoms with Gasteiger partial charge in [-0.1, -0.05) is 11.6 Å². The van der Waals surface area contributed by atoms with Gasteiger partial charge in [0.2, 0.25) is 0 Å². The number of ether oxygens (including phenoxy) is 1. The third-order valence-electron chi connectivity index (χ3n) is 2.45. The van der Waals surface area contributed by atoms with E-state index in [9.17, 15) is 9.90 Å². The molecule has 0 spiro atoms. The molecule has 5 heteroatoms. The van der Waals surface area contributed by atoms with Crippen molar-refractivity contribution in [2.75, 3.05) is 6.54 Å². The largest absolute Gasteiger partial charge is 0.481 e. The molecule has 1 aromatic rings. The Kier molecular flexibility index (Phi) is 5.44. The highest BCUT2D eigenvalue weighted by Gasteiger charge is 2.17. The van der Waals surface area contributed by atoms with Gasteiger partial charge in [-0.15, -0.1) is 0 Å². The monoisotopic (exact) mass is 271 g/mol. The van der Waals surface area contributed by atoms with Crippen LogP contribution in [0.25, 0.3) is 0 Å². The van der Waals surface area contributed by atoms with Gasteiger partial charge in [-0.05, 0) is 39.0 Å². The van der Waals surface area contributed by atoms with Crippen LogP contribution in [0.5, 0.6) is 5.75 Å². The van der Waals surface area contributed by atoms with E-state index < -0.39 is 12.2 Å². The summed E-state index contributed by atoms with van der Waals surface area (Å²) in [7, 11) is 0. The molecule has 0 saturated carbocycles. The van der Waals surface area contributed by atoms with E-state index in [1.165, 1.54) is 0 Å². The van der Waals surface area contributed by atoms with Gasteiger partial charge >= 0.3 is 0 Å². The van der Waals surface area contributed by atoms with Gasteiger partial charge in [0.1, 0.15) is 5.75 Å². The van der Waals surface area contributed by atoms with Crippen molar-refractivity contribution in [2.45, 2.75) is 33.0 Å². The van der Waals surface area contributed by atoms with Gasteiger partial charge in [-0.2, -0.15) is 0 Å². The van der Waals surface area contributed by atoms with Gasteiger partial charge in [0.25, 0.3) is 5.91 Å². The lowest BCUT2D eigenvalue weighted by atomic mass is 10.1. The lowest BCUT2D eigenvalue weighted by Gasteiger charge is -2.18. The summed E-state index contributed by atoms with van der Waals surface area (Å²) in [5, 5.41) is 12.8. The zero-order valence-corrected chi connectivity index (χ0v) is 11.5. The zero-order chi connectivity index (χ0) is 13.7. The highest BCUT2D eigenvalue weighted by atomic mass is 35.5. The maximum Gasteiger partial charge on any atom is 0.260 e. The number of hydrogen-bond acceptors (Lipinski definition) is 3. The summed E-state index contributed by atoms with van der Waals surface area (Å²) in [5.74, 6) is 0.275. The van der Waals surface area contributed by atoms with Crippen LogP contribution in [-0.2, 0) is 4.79 Å². The molecule has 2 unspecified atom stereocenters. The number of benzene rings is 1. The molecule has 1 amide bonds. The van der Waals surface area contributed by atoms with Crippen LogP contribution >= 0.6 is 11.6 Å². The number of likely N-dealkylation sites (N-methyl/N-ethyl adjacent to an activating group) is 1. The molecule has 0 aliphatic carbocycles. The average molecular weight is 272 g/mol. The van der Waals surface area contributed by atoms with Crippen LogP contribution in [-0.4, -0.2) is 23.7 Å². The Bertz CT molecular complexity index is 421. The number of nitrogens with one attached hydrogen (secondary N) is 1. The van der Waals surface area contributed by atoms with E-state index in [4.69, 9.17) is 16.3 Å². The molecule has 100 valence electrons. The predicted molar refractivity (Wildman–Crippen MR) is 70.9 cm³/mol. The van der Waals surface area contributed by atoms with Crippen molar-refractivity contribution in [2.24, 2.45) is 0 Å². The van der Waals surface area contributed by atoms with Crippen LogP contribution < -0.4 is 10.1 Å². The summed E-state index contributed by atoms with van der Waals surface area (Å²) in [5.41, 5.74) is 0.568. The fraction of sp³-hybridized carbons (Fsp3) is 0.462. The SMILES string of the molecule is CCNC(=O)C(C)Oc1ccc(Cl)cc1C(C)O. The van der Waals surface area contributed by atoms with Crippen LogP contribution in [0, 0.1) is 0 Å². The summed E-state index contributed by atoms with van der Waals surface area (Å²) in [6.07, 6.45) is -1.33. The lowest BCUT2D eigenvalue weighted by molar-refractivity contribution is -0.127. The Labute approximate surface area is 112 Å². The number of amides is 1. The summed E-state index contributed by atoms with van der Waals surface area (Å²) >= 11 is 5.86. The number of carbonyl (C=O) groups excluding carboxylic acids is 1. The molecule has 0 aliphatic heterocycles. The van der Waals surface area contributed by atoms with E-state index in [1.54, 1.807) is 32.0 Å². The first-order valence-electron chi connectivity index (χ1n) is 5.87. The molecule has 2 atom stereocenters. The highest BCUT2D eigenvalue weighted by Crippen LogP contribution is 2.29. The molecular weight excluding hydrogens is 254 g/mol. The number of halogens is 1. The third kappa shape index (κ3) is 3.89. The van der Waals surface area contributed by atoms with Crippen molar-refractivity contribution in [3.63, 3.8) is 0 Å². The number of hydrogen-bond donors (Lipinski definition) is 2. The summed E-state index contributed by atoms with van der Waals surface area (Å²) in [6.45, 7) is 5.67. The standard InChI is InChI=1S/C13H18ClNO3/c1-4-15-13(17)9(3)18-12-6-5-10(14)7-11(12)8(2)16/h5-9,16H,4H2,1-3H3,(H,15,17). The molecule has 0 saturated heterocycles. The Morgan fingerprint density at radius 1 is 1.50 bits per heavy atom. The van der Waals surface area contributed by atoms with Crippen molar-refractivity contribution < 1.29 is 14.6 Å². The smallest absolute Gasteiger partial charge is 0.260 e. The topological polar surface area (TPSA) is 58.6 Å². The fourth-order valence-corrected chi connectivity index (χ4v) is 1.70. The van der Waals surface area contributed by atoms with Crippen LogP contribution in [0.2, 0.25) is 5.02 Å². The molecule has 0 aromatic heterocycles. The molecule has 18 heavy (non-hydrogen) atoms. The minimum atomic E-state index is -0.708. The van der Waals surface area contributed by atoms with Gasteiger partial charge in [0.05, 0.1) is 6.10 Å². The van der Waals surface area contributed by atoms with Crippen LogP contribution in [0.4, 0.5) is 0 Å². The highest BCUT2D eigenvalue weighted by molar-refractivity contribution is 6.30. The van der Waals surface area contributed by atoms with Gasteiger partial charge < -0.3 is 15.2 Å². The van der Waals surface area contributed by atoms with Crippen molar-refractivity contribution in [3.8, 4) is 5.75 Å². The Morgan fingerprint density at radius 3 is 2.72 bits per heavy atom. The van der Waals surface area contributed by atoms with Gasteiger partial charge in [0, 0.05) is 17.1 Å². The van der Waals surface area contributed by atoms with E-state index in [0.29, 0.717) is 22.9 Å². The lowest BCUT2D eigenvalue weighted by Crippen LogP contribution is -2.36. The first kappa shape index (κ1) is 14.8. The van der Waals surface area contributed by atoms with E-state index in [-0.39, 0.29) is 5.91 Å². The molecular formula is C13H18ClNO3. The predicted octanol–water partition coefficient (Wildman–Crippen LogP) is 2.30. The van der Waals surface area contributed by atoms with E-state index in [0.717, 1.165) is 0 Å². The second-order valence-electron chi connectivity index (χ2n) is 4.01. The van der Waals surface area contributed by atoms with Crippen molar-refractivity contribution in [3.05, 3.63) is 28.8 Å². The van der Waals surface area contributed by atoms with Crippen LogP contribution in [0.15, 0.2) is 18.2 Å². The summed E-state index contributed by atoms with van der Waals surface area (Å²) in [4.78, 5) is 11.6. The molecule has 2 N–H and O–H groups in total. The van der Waals surface area contributed by atoms with E-state index in [2.05, 4.69) is 5.32 Å².